The molecule has 0 aliphatic rings. The van der Waals surface area contributed by atoms with Crippen molar-refractivity contribution in [1.29, 1.82) is 0 Å². The van der Waals surface area contributed by atoms with E-state index in [0.717, 1.165) is 18.2 Å². The van der Waals surface area contributed by atoms with E-state index >= 15 is 0 Å². The van der Waals surface area contributed by atoms with Gasteiger partial charge in [0.1, 0.15) is 35.0 Å². The second kappa shape index (κ2) is 12.5. The van der Waals surface area contributed by atoms with E-state index in [1.165, 1.54) is 50.1 Å². The number of hydrogen-bond donors (Lipinski definition) is 3. The third-order valence-corrected chi connectivity index (χ3v) is 6.39. The normalized spacial score (nSPS) is 12.8. The number of aliphatic hydroxyl groups is 1. The lowest BCUT2D eigenvalue weighted by molar-refractivity contribution is -0.265. The van der Waals surface area contributed by atoms with E-state index in [0.29, 0.717) is 11.3 Å². The average Bonchev–Trinajstić information content (AvgIpc) is 3.50. The van der Waals surface area contributed by atoms with Crippen LogP contribution in [0.3, 0.4) is 0 Å². The molecule has 0 unspecified atom stereocenters. The highest BCUT2D eigenvalue weighted by atomic mass is 19.4. The monoisotopic (exact) mass is 602 g/mol. The topological polar surface area (TPSA) is 150 Å². The first-order valence-electron chi connectivity index (χ1n) is 12.7. The van der Waals surface area contributed by atoms with E-state index in [1.54, 1.807) is 6.92 Å². The number of amides is 2. The third-order valence-electron chi connectivity index (χ3n) is 6.39. The van der Waals surface area contributed by atoms with Crippen LogP contribution in [-0.2, 0) is 16.8 Å². The van der Waals surface area contributed by atoms with E-state index in [2.05, 4.69) is 15.3 Å². The summed E-state index contributed by atoms with van der Waals surface area (Å²) in [4.78, 5) is 32.9. The predicted octanol–water partition coefficient (Wildman–Crippen LogP) is 4.16. The summed E-state index contributed by atoms with van der Waals surface area (Å²) in [6.45, 7) is 0.285. The molecule has 0 bridgehead atoms. The molecule has 2 aromatic heterocycles. The average molecular weight is 603 g/mol. The van der Waals surface area contributed by atoms with Crippen molar-refractivity contribution in [2.75, 3.05) is 20.3 Å². The highest BCUT2D eigenvalue weighted by Crippen LogP contribution is 2.42. The molecule has 0 fully saturated rings. The molecule has 2 amide bonds. The van der Waals surface area contributed by atoms with Crippen LogP contribution in [0.1, 0.15) is 28.5 Å². The van der Waals surface area contributed by atoms with E-state index in [1.807, 2.05) is 0 Å². The molecule has 14 heteroatoms. The van der Waals surface area contributed by atoms with Crippen molar-refractivity contribution in [3.8, 4) is 34.0 Å². The number of oxazole rings is 1. The van der Waals surface area contributed by atoms with Crippen LogP contribution in [0, 0.1) is 5.82 Å². The molecule has 0 radical (unpaired) electrons. The first-order valence-corrected chi connectivity index (χ1v) is 12.7. The van der Waals surface area contributed by atoms with Crippen LogP contribution in [-0.4, -0.2) is 53.3 Å². The number of benzene rings is 2. The number of carbonyl (C=O) groups excluding carboxylic acids is 2. The molecule has 4 rings (SSSR count). The third kappa shape index (κ3) is 6.59. The summed E-state index contributed by atoms with van der Waals surface area (Å²) < 4.78 is 73.1. The van der Waals surface area contributed by atoms with Gasteiger partial charge in [0, 0.05) is 22.3 Å². The van der Waals surface area contributed by atoms with E-state index in [-0.39, 0.29) is 40.5 Å². The van der Waals surface area contributed by atoms with Crippen molar-refractivity contribution >= 4 is 11.8 Å². The van der Waals surface area contributed by atoms with Crippen molar-refractivity contribution < 1.29 is 46.1 Å². The molecule has 4 N–H and O–H groups in total. The molecule has 4 aromatic rings. The summed E-state index contributed by atoms with van der Waals surface area (Å²) >= 11 is 0. The number of carbonyl (C=O) groups is 2. The van der Waals surface area contributed by atoms with Gasteiger partial charge in [-0.2, -0.15) is 13.2 Å². The van der Waals surface area contributed by atoms with Crippen LogP contribution in [0.5, 0.6) is 11.5 Å². The summed E-state index contributed by atoms with van der Waals surface area (Å²) in [5.41, 5.74) is 1.31. The summed E-state index contributed by atoms with van der Waals surface area (Å²) in [6, 6.07) is 9.57. The Labute approximate surface area is 242 Å². The fourth-order valence-electron chi connectivity index (χ4n) is 4.26. The maximum Gasteiger partial charge on any atom is 0.424 e. The van der Waals surface area contributed by atoms with E-state index in [9.17, 15) is 32.3 Å². The fraction of sp³-hybridized carbons (Fsp3) is 0.241. The number of ether oxygens (including phenoxy) is 2. The Bertz CT molecular complexity index is 1610. The second-order valence-corrected chi connectivity index (χ2v) is 9.26. The van der Waals surface area contributed by atoms with Crippen LogP contribution < -0.4 is 20.5 Å². The molecule has 10 nitrogen and oxygen atoms in total. The molecule has 2 aromatic carbocycles. The highest BCUT2D eigenvalue weighted by Gasteiger charge is 2.56. The van der Waals surface area contributed by atoms with Crippen molar-refractivity contribution in [2.45, 2.75) is 25.1 Å². The SMILES string of the molecule is CCOc1c(CC(N)=O)cc([C@@](O)(CNC(=O)c2ccc(-c3cocn3)c(OC)c2)C(F)(F)F)nc1-c1ccc(F)cc1. The van der Waals surface area contributed by atoms with E-state index in [4.69, 9.17) is 19.6 Å². The number of nitrogens with zero attached hydrogens (tertiary/aromatic N) is 2. The number of alkyl halides is 3. The molecule has 0 saturated carbocycles. The molecule has 43 heavy (non-hydrogen) atoms. The van der Waals surface area contributed by atoms with Crippen LogP contribution in [0.15, 0.2) is 65.6 Å². The number of nitrogens with two attached hydrogens (primary N) is 1. The maximum absolute atomic E-state index is 14.6. The number of aromatic nitrogens is 2. The highest BCUT2D eigenvalue weighted by molar-refractivity contribution is 5.95. The van der Waals surface area contributed by atoms with Crippen molar-refractivity contribution in [2.24, 2.45) is 5.73 Å². The van der Waals surface area contributed by atoms with Crippen molar-refractivity contribution in [3.63, 3.8) is 0 Å². The molecule has 0 aliphatic heterocycles. The van der Waals surface area contributed by atoms with Crippen LogP contribution in [0.25, 0.3) is 22.5 Å². The van der Waals surface area contributed by atoms with Gasteiger partial charge in [-0.05, 0) is 55.5 Å². The molecule has 2 heterocycles. The minimum Gasteiger partial charge on any atom is -0.496 e. The van der Waals surface area contributed by atoms with Gasteiger partial charge in [0.25, 0.3) is 5.91 Å². The molecular formula is C29H26F4N4O6. The number of primary amides is 1. The van der Waals surface area contributed by atoms with Gasteiger partial charge in [0.2, 0.25) is 11.5 Å². The Hall–Kier alpha value is -4.98. The quantitative estimate of drug-likeness (QED) is 0.217. The van der Waals surface area contributed by atoms with Gasteiger partial charge >= 0.3 is 6.18 Å². The fourth-order valence-corrected chi connectivity index (χ4v) is 4.26. The number of halogens is 4. The molecule has 226 valence electrons. The summed E-state index contributed by atoms with van der Waals surface area (Å²) in [5.74, 6) is -2.34. The summed E-state index contributed by atoms with van der Waals surface area (Å²) in [7, 11) is 1.34. The van der Waals surface area contributed by atoms with Crippen molar-refractivity contribution in [1.82, 2.24) is 15.3 Å². The lowest BCUT2D eigenvalue weighted by Crippen LogP contribution is -2.51. The molecule has 0 aliphatic carbocycles. The Morgan fingerprint density at radius 2 is 1.84 bits per heavy atom. The minimum atomic E-state index is -5.36. The van der Waals surface area contributed by atoms with E-state index < -0.39 is 48.1 Å². The Balaban J connectivity index is 1.75. The van der Waals surface area contributed by atoms with Gasteiger partial charge in [-0.25, -0.2) is 14.4 Å². The number of pyridine rings is 1. The number of rotatable bonds is 11. The first kappa shape index (κ1) is 31.0. The number of methoxy groups -OCH3 is 1. The zero-order chi connectivity index (χ0) is 31.4. The molecule has 1 atom stereocenters. The maximum atomic E-state index is 14.6. The lowest BCUT2D eigenvalue weighted by atomic mass is 9.93. The zero-order valence-electron chi connectivity index (χ0n) is 22.9. The molecule has 0 saturated heterocycles. The number of nitrogens with one attached hydrogen (secondary N) is 1. The Kier molecular flexibility index (Phi) is 8.99. The predicted molar refractivity (Wildman–Crippen MR) is 144 cm³/mol. The largest absolute Gasteiger partial charge is 0.496 e. The summed E-state index contributed by atoms with van der Waals surface area (Å²) in [5, 5.41) is 13.2. The lowest BCUT2D eigenvalue weighted by Gasteiger charge is -2.31. The summed E-state index contributed by atoms with van der Waals surface area (Å²) in [6.07, 6.45) is -3.38. The second-order valence-electron chi connectivity index (χ2n) is 9.26. The van der Waals surface area contributed by atoms with Gasteiger partial charge in [-0.3, -0.25) is 9.59 Å². The van der Waals surface area contributed by atoms with Gasteiger partial charge in [-0.1, -0.05) is 0 Å². The standard InChI is InChI=1S/C29H26F4N4O6/c1-3-43-26-18(12-24(34)38)11-23(37-25(26)16-4-7-19(30)8-5-16)28(40,29(31,32)33)14-35-27(39)17-6-9-20(22(10-17)41-2)21-13-42-15-36-21/h4-11,13,15,40H,3,12,14H2,1-2H3,(H2,34,38)(H,35,39)/t28-/m0/s1. The van der Waals surface area contributed by atoms with Gasteiger partial charge in [0.05, 0.1) is 32.4 Å². The molecule has 0 spiro atoms. The van der Waals surface area contributed by atoms with Crippen molar-refractivity contribution in [3.05, 3.63) is 83.8 Å². The van der Waals surface area contributed by atoms with Gasteiger partial charge < -0.3 is 30.0 Å². The molecular weight excluding hydrogens is 576 g/mol. The van der Waals surface area contributed by atoms with Gasteiger partial charge in [0.15, 0.2) is 6.39 Å². The minimum absolute atomic E-state index is 0.0412. The Morgan fingerprint density at radius 3 is 2.42 bits per heavy atom. The first-order chi connectivity index (χ1) is 20.4. The van der Waals surface area contributed by atoms with Crippen LogP contribution >= 0.6 is 0 Å². The smallest absolute Gasteiger partial charge is 0.424 e. The number of hydrogen-bond acceptors (Lipinski definition) is 8. The van der Waals surface area contributed by atoms with Crippen LogP contribution in [0.4, 0.5) is 17.6 Å². The van der Waals surface area contributed by atoms with Gasteiger partial charge in [-0.15, -0.1) is 0 Å². The van der Waals surface area contributed by atoms with Crippen LogP contribution in [0.2, 0.25) is 0 Å². The zero-order valence-corrected chi connectivity index (χ0v) is 22.9. The Morgan fingerprint density at radius 1 is 1.12 bits per heavy atom.